The molecule has 1 aliphatic rings. The molecule has 1 aliphatic heterocycles. The summed E-state index contributed by atoms with van der Waals surface area (Å²) in [4.78, 5) is 35.0. The number of primary amides is 1. The van der Waals surface area contributed by atoms with E-state index in [1.54, 1.807) is 24.3 Å². The summed E-state index contributed by atoms with van der Waals surface area (Å²) in [6.45, 7) is 0.663. The molecule has 2 amide bonds. The van der Waals surface area contributed by atoms with Crippen LogP contribution in [0.1, 0.15) is 12.0 Å². The minimum Gasteiger partial charge on any atom is -0.383 e. The fourth-order valence-corrected chi connectivity index (χ4v) is 2.42. The van der Waals surface area contributed by atoms with Crippen molar-refractivity contribution in [3.8, 4) is 0 Å². The molecule has 0 fully saturated rings. The molecule has 23 heavy (non-hydrogen) atoms. The third kappa shape index (κ3) is 3.92. The minimum absolute atomic E-state index is 0.0245. The van der Waals surface area contributed by atoms with Gasteiger partial charge in [-0.05, 0) is 6.42 Å². The Morgan fingerprint density at radius 3 is 2.78 bits per heavy atom. The smallest absolute Gasteiger partial charge is 0.272 e. The lowest BCUT2D eigenvalue weighted by Crippen LogP contribution is -2.32. The van der Waals surface area contributed by atoms with Crippen molar-refractivity contribution in [2.75, 3.05) is 13.1 Å². The number of nitro benzene ring substituents is 1. The maximum absolute atomic E-state index is 12.2. The predicted molar refractivity (Wildman–Crippen MR) is 81.3 cm³/mol. The molecule has 1 unspecified atom stereocenters. The fourth-order valence-electron chi connectivity index (χ4n) is 2.42. The highest BCUT2D eigenvalue weighted by Gasteiger charge is 2.27. The molecule has 2 rings (SSSR count). The highest BCUT2D eigenvalue weighted by molar-refractivity contribution is 5.96. The molecule has 1 aromatic carbocycles. The molecule has 1 atom stereocenters. The summed E-state index contributed by atoms with van der Waals surface area (Å²) in [5.74, 6) is -1.17. The maximum Gasteiger partial charge on any atom is 0.272 e. The van der Waals surface area contributed by atoms with Crippen LogP contribution < -0.4 is 5.73 Å². The number of para-hydroxylation sites is 1. The van der Waals surface area contributed by atoms with Gasteiger partial charge in [0.25, 0.3) is 5.69 Å². The Kier molecular flexibility index (Phi) is 5.07. The Morgan fingerprint density at radius 1 is 1.43 bits per heavy atom. The molecule has 8 heteroatoms. The summed E-state index contributed by atoms with van der Waals surface area (Å²) in [6.07, 6.45) is 0.479. The van der Waals surface area contributed by atoms with Gasteiger partial charge in [-0.1, -0.05) is 24.3 Å². The molecule has 0 aromatic heterocycles. The van der Waals surface area contributed by atoms with Gasteiger partial charge in [-0.25, -0.2) is 0 Å². The summed E-state index contributed by atoms with van der Waals surface area (Å²) in [6, 6.07) is 6.38. The van der Waals surface area contributed by atoms with Gasteiger partial charge in [0, 0.05) is 36.7 Å². The molecular weight excluding hydrogens is 302 g/mol. The second kappa shape index (κ2) is 7.01. The van der Waals surface area contributed by atoms with Crippen LogP contribution in [0.5, 0.6) is 0 Å². The van der Waals surface area contributed by atoms with Crippen LogP contribution in [0.3, 0.4) is 0 Å². The topological polar surface area (TPSA) is 127 Å². The van der Waals surface area contributed by atoms with E-state index in [-0.39, 0.29) is 18.0 Å². The second-order valence-electron chi connectivity index (χ2n) is 5.24. The van der Waals surface area contributed by atoms with E-state index in [4.69, 9.17) is 5.73 Å². The van der Waals surface area contributed by atoms with Crippen LogP contribution in [-0.4, -0.2) is 45.9 Å². The molecule has 0 saturated heterocycles. The maximum atomic E-state index is 12.2. The quantitative estimate of drug-likeness (QED) is 0.546. The van der Waals surface area contributed by atoms with Gasteiger partial charge in [0.2, 0.25) is 11.8 Å². The lowest BCUT2D eigenvalue weighted by Gasteiger charge is -2.17. The van der Waals surface area contributed by atoms with Crippen molar-refractivity contribution in [1.29, 1.82) is 0 Å². The number of rotatable bonds is 7. The van der Waals surface area contributed by atoms with Crippen molar-refractivity contribution in [3.05, 3.63) is 51.6 Å². The number of hydrogen-bond acceptors (Lipinski definition) is 5. The van der Waals surface area contributed by atoms with Crippen LogP contribution in [0.4, 0.5) is 5.69 Å². The monoisotopic (exact) mass is 319 g/mol. The van der Waals surface area contributed by atoms with Crippen molar-refractivity contribution < 1.29 is 19.6 Å². The Bertz CT molecular complexity index is 671. The van der Waals surface area contributed by atoms with Crippen LogP contribution >= 0.6 is 0 Å². The normalized spacial score (nSPS) is 15.4. The van der Waals surface area contributed by atoms with Crippen molar-refractivity contribution in [3.63, 3.8) is 0 Å². The zero-order chi connectivity index (χ0) is 17.0. The first-order valence-corrected chi connectivity index (χ1v) is 7.08. The van der Waals surface area contributed by atoms with E-state index in [9.17, 15) is 24.8 Å². The number of amides is 2. The zero-order valence-corrected chi connectivity index (χ0v) is 12.3. The number of nitrogens with zero attached hydrogens (tertiary/aromatic N) is 2. The number of carbonyl (C=O) groups is 2. The molecule has 1 aromatic rings. The number of nitro groups is 1. The van der Waals surface area contributed by atoms with Crippen LogP contribution in [0.2, 0.25) is 0 Å². The summed E-state index contributed by atoms with van der Waals surface area (Å²) < 4.78 is 0. The van der Waals surface area contributed by atoms with Gasteiger partial charge in [0.15, 0.2) is 0 Å². The molecule has 3 N–H and O–H groups in total. The lowest BCUT2D eigenvalue weighted by atomic mass is 10.1. The molecular formula is C15H17N3O5. The average Bonchev–Trinajstić information content (AvgIpc) is 2.86. The van der Waals surface area contributed by atoms with Gasteiger partial charge >= 0.3 is 0 Å². The Hall–Kier alpha value is -2.74. The lowest BCUT2D eigenvalue weighted by molar-refractivity contribution is -0.385. The summed E-state index contributed by atoms with van der Waals surface area (Å²) in [7, 11) is 0. The molecule has 0 aliphatic carbocycles. The van der Waals surface area contributed by atoms with E-state index >= 15 is 0 Å². The Morgan fingerprint density at radius 2 is 2.13 bits per heavy atom. The van der Waals surface area contributed by atoms with Crippen LogP contribution in [-0.2, 0) is 16.0 Å². The Labute approximate surface area is 132 Å². The first-order valence-electron chi connectivity index (χ1n) is 7.08. The predicted octanol–water partition coefficient (Wildman–Crippen LogP) is 0.142. The second-order valence-corrected chi connectivity index (χ2v) is 5.24. The number of benzene rings is 1. The number of aliphatic hydroxyl groups excluding tert-OH is 1. The van der Waals surface area contributed by atoms with Crippen LogP contribution in [0.25, 0.3) is 0 Å². The Balaban J connectivity index is 1.95. The zero-order valence-electron chi connectivity index (χ0n) is 12.3. The van der Waals surface area contributed by atoms with E-state index in [1.165, 1.54) is 11.0 Å². The summed E-state index contributed by atoms with van der Waals surface area (Å²) >= 11 is 0. The fraction of sp³-hybridized carbons (Fsp3) is 0.333. The highest BCUT2D eigenvalue weighted by Crippen LogP contribution is 2.21. The van der Waals surface area contributed by atoms with Gasteiger partial charge in [-0.3, -0.25) is 19.7 Å². The number of carbonyl (C=O) groups excluding carboxylic acids is 2. The summed E-state index contributed by atoms with van der Waals surface area (Å²) in [5, 5.41) is 20.4. The van der Waals surface area contributed by atoms with Crippen molar-refractivity contribution >= 4 is 17.5 Å². The van der Waals surface area contributed by atoms with E-state index in [2.05, 4.69) is 0 Å². The number of nitrogens with two attached hydrogens (primary N) is 1. The van der Waals surface area contributed by atoms with Crippen LogP contribution in [0.15, 0.2) is 35.9 Å². The highest BCUT2D eigenvalue weighted by atomic mass is 16.6. The third-order valence-electron chi connectivity index (χ3n) is 3.70. The van der Waals surface area contributed by atoms with Gasteiger partial charge in [-0.2, -0.15) is 0 Å². The molecule has 0 spiro atoms. The van der Waals surface area contributed by atoms with E-state index in [0.29, 0.717) is 30.6 Å². The van der Waals surface area contributed by atoms with E-state index < -0.39 is 16.9 Å². The van der Waals surface area contributed by atoms with Gasteiger partial charge in [-0.15, -0.1) is 0 Å². The largest absolute Gasteiger partial charge is 0.383 e. The molecule has 0 saturated carbocycles. The molecule has 0 radical (unpaired) electrons. The third-order valence-corrected chi connectivity index (χ3v) is 3.70. The first-order chi connectivity index (χ1) is 10.9. The molecule has 8 nitrogen and oxygen atoms in total. The van der Waals surface area contributed by atoms with Crippen molar-refractivity contribution in [2.45, 2.75) is 18.9 Å². The minimum atomic E-state index is -1.39. The standard InChI is InChI=1S/C15H17N3O5/c16-14(20)13(19)9-11-6-8-17(15(11)21)7-5-10-3-1-2-4-12(10)18(22)23/h1-4,6,13,19H,5,7-9H2,(H2,16,20). The molecule has 1 heterocycles. The van der Waals surface area contributed by atoms with Gasteiger partial charge < -0.3 is 15.7 Å². The van der Waals surface area contributed by atoms with Crippen molar-refractivity contribution in [2.24, 2.45) is 5.73 Å². The molecule has 122 valence electrons. The summed E-state index contributed by atoms with van der Waals surface area (Å²) in [5.41, 5.74) is 5.88. The van der Waals surface area contributed by atoms with E-state index in [1.807, 2.05) is 0 Å². The first kappa shape index (κ1) is 16.6. The number of hydrogen-bond donors (Lipinski definition) is 2. The van der Waals surface area contributed by atoms with Crippen LogP contribution in [0, 0.1) is 10.1 Å². The van der Waals surface area contributed by atoms with Gasteiger partial charge in [0.1, 0.15) is 6.10 Å². The average molecular weight is 319 g/mol. The van der Waals surface area contributed by atoms with Gasteiger partial charge in [0.05, 0.1) is 4.92 Å². The van der Waals surface area contributed by atoms with Crippen molar-refractivity contribution in [1.82, 2.24) is 4.90 Å². The number of aliphatic hydroxyl groups is 1. The molecule has 0 bridgehead atoms. The SMILES string of the molecule is NC(=O)C(O)CC1=CCN(CCc2ccccc2[N+](=O)[O-])C1=O. The van der Waals surface area contributed by atoms with E-state index in [0.717, 1.165) is 0 Å².